The minimum Gasteiger partial charge on any atom is -0.309 e. The van der Waals surface area contributed by atoms with Gasteiger partial charge in [-0.05, 0) is 30.0 Å². The summed E-state index contributed by atoms with van der Waals surface area (Å²) in [5, 5.41) is 8.95. The van der Waals surface area contributed by atoms with E-state index < -0.39 is 17.5 Å². The summed E-state index contributed by atoms with van der Waals surface area (Å²) in [6, 6.07) is 4.17. The normalized spacial score (nSPS) is 18.5. The van der Waals surface area contributed by atoms with Crippen molar-refractivity contribution in [2.45, 2.75) is 19.0 Å². The first-order chi connectivity index (χ1) is 10.6. The van der Waals surface area contributed by atoms with E-state index in [1.54, 1.807) is 10.9 Å². The lowest BCUT2D eigenvalue weighted by Gasteiger charge is -2.17. The predicted molar refractivity (Wildman–Crippen MR) is 72.2 cm³/mol. The Morgan fingerprint density at radius 1 is 1.27 bits per heavy atom. The quantitative estimate of drug-likeness (QED) is 0.819. The van der Waals surface area contributed by atoms with Crippen molar-refractivity contribution in [3.8, 4) is 6.07 Å². The molecule has 0 radical (unpaired) electrons. The largest absolute Gasteiger partial charge is 0.309 e. The lowest BCUT2D eigenvalue weighted by atomic mass is 9.98. The Morgan fingerprint density at radius 2 is 2.00 bits per heavy atom. The summed E-state index contributed by atoms with van der Waals surface area (Å²) in [6.07, 6.45) is 3.78. The van der Waals surface area contributed by atoms with Crippen molar-refractivity contribution in [2.75, 3.05) is 13.1 Å². The Labute approximate surface area is 125 Å². The van der Waals surface area contributed by atoms with Crippen LogP contribution in [0.2, 0.25) is 0 Å². The van der Waals surface area contributed by atoms with Crippen molar-refractivity contribution in [3.05, 3.63) is 53.4 Å². The molecule has 1 aromatic carbocycles. The van der Waals surface area contributed by atoms with Gasteiger partial charge in [-0.3, -0.25) is 4.90 Å². The Kier molecular flexibility index (Phi) is 3.86. The van der Waals surface area contributed by atoms with Crippen LogP contribution in [0.3, 0.4) is 0 Å². The van der Waals surface area contributed by atoms with Crippen molar-refractivity contribution in [2.24, 2.45) is 0 Å². The lowest BCUT2D eigenvalue weighted by Crippen LogP contribution is -2.24. The number of rotatable bonds is 3. The summed E-state index contributed by atoms with van der Waals surface area (Å²) in [4.78, 5) is 5.98. The van der Waals surface area contributed by atoms with Gasteiger partial charge in [0.05, 0.1) is 19.2 Å². The SMILES string of the molecule is N#Cc1cncn1CN1CCC(c2cc(F)c(F)c(F)c2)C1. The zero-order chi connectivity index (χ0) is 15.7. The fourth-order valence-electron chi connectivity index (χ4n) is 2.79. The van der Waals surface area contributed by atoms with Crippen LogP contribution in [-0.2, 0) is 6.67 Å². The summed E-state index contributed by atoms with van der Waals surface area (Å²) in [5.74, 6) is -3.81. The molecule has 1 aliphatic heterocycles. The molecular weight excluding hydrogens is 293 g/mol. The summed E-state index contributed by atoms with van der Waals surface area (Å²) in [7, 11) is 0. The number of benzene rings is 1. The maximum absolute atomic E-state index is 13.3. The molecule has 3 rings (SSSR count). The molecule has 114 valence electrons. The minimum atomic E-state index is -1.43. The molecular formula is C15H13F3N4. The molecule has 0 N–H and O–H groups in total. The maximum atomic E-state index is 13.3. The predicted octanol–water partition coefficient (Wildman–Crippen LogP) is 2.62. The molecule has 7 heteroatoms. The average molecular weight is 306 g/mol. The molecule has 0 bridgehead atoms. The molecule has 0 spiro atoms. The zero-order valence-corrected chi connectivity index (χ0v) is 11.6. The smallest absolute Gasteiger partial charge is 0.194 e. The van der Waals surface area contributed by atoms with Gasteiger partial charge in [-0.1, -0.05) is 0 Å². The Hall–Kier alpha value is -2.33. The summed E-state index contributed by atoms with van der Waals surface area (Å²) >= 11 is 0. The maximum Gasteiger partial charge on any atom is 0.194 e. The van der Waals surface area contributed by atoms with Gasteiger partial charge in [0.15, 0.2) is 17.5 Å². The third-order valence-electron chi connectivity index (χ3n) is 3.93. The fourth-order valence-corrected chi connectivity index (χ4v) is 2.79. The van der Waals surface area contributed by atoms with Crippen LogP contribution in [0.15, 0.2) is 24.7 Å². The third kappa shape index (κ3) is 2.70. The van der Waals surface area contributed by atoms with Gasteiger partial charge >= 0.3 is 0 Å². The molecule has 1 aromatic heterocycles. The fraction of sp³-hybridized carbons (Fsp3) is 0.333. The second-order valence-electron chi connectivity index (χ2n) is 5.36. The summed E-state index contributed by atoms with van der Waals surface area (Å²) in [6.45, 7) is 1.81. The number of hydrogen-bond acceptors (Lipinski definition) is 3. The minimum absolute atomic E-state index is 0.0568. The van der Waals surface area contributed by atoms with Crippen molar-refractivity contribution in [1.29, 1.82) is 5.26 Å². The number of imidazole rings is 1. The number of likely N-dealkylation sites (tertiary alicyclic amines) is 1. The molecule has 1 atom stereocenters. The molecule has 2 aromatic rings. The second kappa shape index (κ2) is 5.81. The number of hydrogen-bond donors (Lipinski definition) is 0. The van der Waals surface area contributed by atoms with E-state index in [-0.39, 0.29) is 5.92 Å². The Balaban J connectivity index is 1.71. The molecule has 0 amide bonds. The Morgan fingerprint density at radius 3 is 2.68 bits per heavy atom. The second-order valence-corrected chi connectivity index (χ2v) is 5.36. The van der Waals surface area contributed by atoms with Gasteiger partial charge in [0.2, 0.25) is 0 Å². The van der Waals surface area contributed by atoms with Crippen LogP contribution in [0.4, 0.5) is 13.2 Å². The van der Waals surface area contributed by atoms with Gasteiger partial charge < -0.3 is 4.57 Å². The number of nitrogens with zero attached hydrogens (tertiary/aromatic N) is 4. The van der Waals surface area contributed by atoms with Crippen LogP contribution < -0.4 is 0 Å². The van der Waals surface area contributed by atoms with E-state index in [1.165, 1.54) is 6.20 Å². The third-order valence-corrected chi connectivity index (χ3v) is 3.93. The van der Waals surface area contributed by atoms with Gasteiger partial charge in [0.25, 0.3) is 0 Å². The van der Waals surface area contributed by atoms with Crippen LogP contribution in [0.25, 0.3) is 0 Å². The van der Waals surface area contributed by atoms with Crippen LogP contribution in [-0.4, -0.2) is 27.5 Å². The zero-order valence-electron chi connectivity index (χ0n) is 11.6. The molecule has 0 aliphatic carbocycles. The topological polar surface area (TPSA) is 44.9 Å². The highest BCUT2D eigenvalue weighted by molar-refractivity contribution is 5.24. The van der Waals surface area contributed by atoms with Gasteiger partial charge in [-0.2, -0.15) is 5.26 Å². The van der Waals surface area contributed by atoms with Crippen LogP contribution in [0.5, 0.6) is 0 Å². The standard InChI is InChI=1S/C15H13F3N4/c16-13-3-11(4-14(17)15(13)18)10-1-2-21(7-10)9-22-8-20-6-12(22)5-19/h3-4,6,8,10H,1-2,7,9H2. The number of aromatic nitrogens is 2. The monoisotopic (exact) mass is 306 g/mol. The molecule has 0 saturated carbocycles. The highest BCUT2D eigenvalue weighted by Crippen LogP contribution is 2.29. The van der Waals surface area contributed by atoms with Gasteiger partial charge in [0.1, 0.15) is 11.8 Å². The average Bonchev–Trinajstić information content (AvgIpc) is 3.13. The first kappa shape index (κ1) is 14.6. The van der Waals surface area contributed by atoms with Crippen LogP contribution >= 0.6 is 0 Å². The van der Waals surface area contributed by atoms with E-state index in [1.807, 2.05) is 6.07 Å². The van der Waals surface area contributed by atoms with Crippen LogP contribution in [0, 0.1) is 28.8 Å². The van der Waals surface area contributed by atoms with Crippen molar-refractivity contribution in [1.82, 2.24) is 14.5 Å². The van der Waals surface area contributed by atoms with E-state index in [9.17, 15) is 13.2 Å². The molecule has 1 aliphatic rings. The molecule has 4 nitrogen and oxygen atoms in total. The van der Waals surface area contributed by atoms with Gasteiger partial charge in [-0.15, -0.1) is 0 Å². The highest BCUT2D eigenvalue weighted by atomic mass is 19.2. The first-order valence-electron chi connectivity index (χ1n) is 6.85. The van der Waals surface area contributed by atoms with E-state index in [0.29, 0.717) is 24.5 Å². The van der Waals surface area contributed by atoms with Crippen LogP contribution in [0.1, 0.15) is 23.6 Å². The van der Waals surface area contributed by atoms with E-state index in [0.717, 1.165) is 25.1 Å². The molecule has 1 saturated heterocycles. The molecule has 2 heterocycles. The molecule has 1 fully saturated rings. The van der Waals surface area contributed by atoms with E-state index >= 15 is 0 Å². The van der Waals surface area contributed by atoms with Crippen molar-refractivity contribution < 1.29 is 13.2 Å². The summed E-state index contributed by atoms with van der Waals surface area (Å²) in [5.41, 5.74) is 0.923. The van der Waals surface area contributed by atoms with E-state index in [2.05, 4.69) is 9.88 Å². The van der Waals surface area contributed by atoms with Crippen molar-refractivity contribution >= 4 is 0 Å². The van der Waals surface area contributed by atoms with Gasteiger partial charge in [-0.25, -0.2) is 18.2 Å². The van der Waals surface area contributed by atoms with Crippen molar-refractivity contribution in [3.63, 3.8) is 0 Å². The number of nitriles is 1. The first-order valence-corrected chi connectivity index (χ1v) is 6.85. The van der Waals surface area contributed by atoms with E-state index in [4.69, 9.17) is 5.26 Å². The Bertz CT molecular complexity index is 712. The highest BCUT2D eigenvalue weighted by Gasteiger charge is 2.26. The lowest BCUT2D eigenvalue weighted by molar-refractivity contribution is 0.265. The molecule has 1 unspecified atom stereocenters. The van der Waals surface area contributed by atoms with Gasteiger partial charge in [0, 0.05) is 13.1 Å². The molecule has 22 heavy (non-hydrogen) atoms. The number of halogens is 3. The summed E-state index contributed by atoms with van der Waals surface area (Å²) < 4.78 is 41.4.